The van der Waals surface area contributed by atoms with E-state index in [4.69, 9.17) is 0 Å². The van der Waals surface area contributed by atoms with Crippen molar-refractivity contribution in [2.45, 2.75) is 11.7 Å². The van der Waals surface area contributed by atoms with Gasteiger partial charge in [0.1, 0.15) is 0 Å². The van der Waals surface area contributed by atoms with Gasteiger partial charge in [0.25, 0.3) is 0 Å². The van der Waals surface area contributed by atoms with Crippen molar-refractivity contribution in [2.24, 2.45) is 11.1 Å². The summed E-state index contributed by atoms with van der Waals surface area (Å²) in [6.45, 7) is 0. The number of hydrogen-bond acceptors (Lipinski definition) is 5. The van der Waals surface area contributed by atoms with Crippen molar-refractivity contribution in [1.82, 2.24) is 5.32 Å². The number of sulfone groups is 1. The summed E-state index contributed by atoms with van der Waals surface area (Å²) >= 11 is 0. The Bertz CT molecular complexity index is 451. The Morgan fingerprint density at radius 1 is 1.60 bits per heavy atom. The average Bonchev–Trinajstić information content (AvgIpc) is 2.74. The number of allylic oxidation sites excluding steroid dienone is 1. The quantitative estimate of drug-likeness (QED) is 0.391. The van der Waals surface area contributed by atoms with E-state index in [1.165, 1.54) is 7.05 Å². The largest absolute Gasteiger partial charge is 0.433 e. The van der Waals surface area contributed by atoms with Crippen molar-refractivity contribution in [1.29, 1.82) is 0 Å². The molecule has 0 aromatic carbocycles. The van der Waals surface area contributed by atoms with Crippen LogP contribution in [-0.2, 0) is 14.7 Å². The van der Waals surface area contributed by atoms with E-state index < -0.39 is 21.2 Å². The summed E-state index contributed by atoms with van der Waals surface area (Å²) in [4.78, 5) is 15.1. The minimum atomic E-state index is -3.37. The molecule has 0 saturated carbocycles. The van der Waals surface area contributed by atoms with Gasteiger partial charge in [-0.15, -0.1) is 0 Å². The summed E-state index contributed by atoms with van der Waals surface area (Å²) in [6.07, 6.45) is 3.17. The molecule has 1 fully saturated rings. The Kier molecular flexibility index (Phi) is 2.26. The van der Waals surface area contributed by atoms with Crippen LogP contribution in [0.5, 0.6) is 0 Å². The normalized spacial score (nSPS) is 33.3. The van der Waals surface area contributed by atoms with Gasteiger partial charge in [0.15, 0.2) is 5.04 Å². The molecule has 2 unspecified atom stereocenters. The first-order valence-electron chi connectivity index (χ1n) is 4.44. The third-order valence-electron chi connectivity index (χ3n) is 2.47. The third kappa shape index (κ3) is 1.52. The molecular formula is C8H10N2O4S. The van der Waals surface area contributed by atoms with E-state index in [1.54, 1.807) is 12.2 Å². The van der Waals surface area contributed by atoms with E-state index in [2.05, 4.69) is 15.3 Å². The number of rotatable bonds is 1. The van der Waals surface area contributed by atoms with Crippen LogP contribution in [0.25, 0.3) is 0 Å². The SMILES string of the molecule is CNC(=O)O/N=C1\C2C=CC(C2)S1(=O)=O. The van der Waals surface area contributed by atoms with Crippen LogP contribution in [0.2, 0.25) is 0 Å². The molecule has 0 radical (unpaired) electrons. The maximum absolute atomic E-state index is 11.7. The van der Waals surface area contributed by atoms with Crippen LogP contribution >= 0.6 is 0 Å². The predicted octanol–water partition coefficient (Wildman–Crippen LogP) is 0.0290. The van der Waals surface area contributed by atoms with Crippen molar-refractivity contribution in [3.05, 3.63) is 12.2 Å². The summed E-state index contributed by atoms with van der Waals surface area (Å²) in [5, 5.41) is 5.04. The molecule has 2 rings (SSSR count). The average molecular weight is 230 g/mol. The molecule has 1 N–H and O–H groups in total. The number of carbonyl (C=O) groups is 1. The van der Waals surface area contributed by atoms with E-state index in [1.807, 2.05) is 0 Å². The van der Waals surface area contributed by atoms with Gasteiger partial charge in [0, 0.05) is 13.0 Å². The lowest BCUT2D eigenvalue weighted by Crippen LogP contribution is -2.24. The molecule has 2 atom stereocenters. The van der Waals surface area contributed by atoms with Crippen LogP contribution in [0.15, 0.2) is 17.3 Å². The molecule has 1 saturated heterocycles. The zero-order valence-corrected chi connectivity index (χ0v) is 8.82. The fourth-order valence-electron chi connectivity index (χ4n) is 1.70. The number of carbonyl (C=O) groups excluding carboxylic acids is 1. The van der Waals surface area contributed by atoms with Gasteiger partial charge < -0.3 is 5.32 Å². The minimum absolute atomic E-state index is 0.0430. The van der Waals surface area contributed by atoms with Crippen LogP contribution in [0, 0.1) is 5.92 Å². The molecule has 1 aliphatic heterocycles. The van der Waals surface area contributed by atoms with Crippen LogP contribution in [0.4, 0.5) is 4.79 Å². The number of amides is 1. The standard InChI is InChI=1S/C8H10N2O4S/c1-9-8(11)14-10-7-5-2-3-6(4-5)15(7,12)13/h2-3,5-6H,4H2,1H3,(H,9,11)/b10-7+. The molecule has 15 heavy (non-hydrogen) atoms. The molecule has 1 amide bonds. The second kappa shape index (κ2) is 3.34. The number of oxime groups is 1. The van der Waals surface area contributed by atoms with Crippen LogP contribution in [-0.4, -0.2) is 31.9 Å². The van der Waals surface area contributed by atoms with Crippen LogP contribution in [0.3, 0.4) is 0 Å². The molecule has 6 nitrogen and oxygen atoms in total. The highest BCUT2D eigenvalue weighted by atomic mass is 32.2. The maximum atomic E-state index is 11.7. The third-order valence-corrected chi connectivity index (χ3v) is 4.58. The Balaban J connectivity index is 2.24. The van der Waals surface area contributed by atoms with Gasteiger partial charge in [0.2, 0.25) is 9.84 Å². The summed E-state index contributed by atoms with van der Waals surface area (Å²) < 4.78 is 23.3. The first-order chi connectivity index (χ1) is 7.05. The molecule has 0 aromatic heterocycles. The zero-order chi connectivity index (χ0) is 11.1. The van der Waals surface area contributed by atoms with Crippen LogP contribution in [0.1, 0.15) is 6.42 Å². The molecule has 2 aliphatic rings. The molecule has 0 aromatic rings. The van der Waals surface area contributed by atoms with Gasteiger partial charge in [-0.05, 0) is 6.42 Å². The van der Waals surface area contributed by atoms with Gasteiger partial charge in [-0.25, -0.2) is 13.2 Å². The van der Waals surface area contributed by atoms with E-state index in [0.29, 0.717) is 6.42 Å². The Morgan fingerprint density at radius 3 is 2.87 bits per heavy atom. The summed E-state index contributed by atoms with van der Waals surface area (Å²) in [5.41, 5.74) is 0. The monoisotopic (exact) mass is 230 g/mol. The molecule has 2 bridgehead atoms. The highest BCUT2D eigenvalue weighted by Gasteiger charge is 2.47. The van der Waals surface area contributed by atoms with Gasteiger partial charge in [-0.2, -0.15) is 0 Å². The molecule has 1 aliphatic carbocycles. The first kappa shape index (κ1) is 10.2. The van der Waals surface area contributed by atoms with Crippen molar-refractivity contribution in [3.8, 4) is 0 Å². The topological polar surface area (TPSA) is 84.8 Å². The molecule has 1 heterocycles. The Hall–Kier alpha value is -1.37. The first-order valence-corrected chi connectivity index (χ1v) is 5.99. The lowest BCUT2D eigenvalue weighted by atomic mass is 10.1. The van der Waals surface area contributed by atoms with E-state index in [-0.39, 0.29) is 11.0 Å². The minimum Gasteiger partial charge on any atom is -0.323 e. The smallest absolute Gasteiger partial charge is 0.323 e. The van der Waals surface area contributed by atoms with Gasteiger partial charge >= 0.3 is 6.09 Å². The van der Waals surface area contributed by atoms with Crippen molar-refractivity contribution < 1.29 is 18.0 Å². The molecule has 7 heteroatoms. The maximum Gasteiger partial charge on any atom is 0.433 e. The van der Waals surface area contributed by atoms with E-state index >= 15 is 0 Å². The summed E-state index contributed by atoms with van der Waals surface area (Å²) in [6, 6.07) is 0. The second-order valence-corrected chi connectivity index (χ2v) is 5.48. The zero-order valence-electron chi connectivity index (χ0n) is 8.00. The fourth-order valence-corrected chi connectivity index (χ4v) is 3.50. The lowest BCUT2D eigenvalue weighted by Gasteiger charge is -2.06. The number of hydrogen-bond donors (Lipinski definition) is 1. The summed E-state index contributed by atoms with van der Waals surface area (Å²) in [7, 11) is -2.00. The number of nitrogens with one attached hydrogen (secondary N) is 1. The molecule has 0 spiro atoms. The fraction of sp³-hybridized carbons (Fsp3) is 0.500. The summed E-state index contributed by atoms with van der Waals surface area (Å²) in [5.74, 6) is -0.232. The van der Waals surface area contributed by atoms with Gasteiger partial charge in [-0.3, -0.25) is 4.84 Å². The highest BCUT2D eigenvalue weighted by molar-refractivity contribution is 8.07. The van der Waals surface area contributed by atoms with E-state index in [0.717, 1.165) is 0 Å². The Morgan fingerprint density at radius 2 is 2.33 bits per heavy atom. The Labute approximate surface area is 86.9 Å². The predicted molar refractivity (Wildman–Crippen MR) is 52.9 cm³/mol. The molecular weight excluding hydrogens is 220 g/mol. The van der Waals surface area contributed by atoms with Crippen LogP contribution < -0.4 is 5.32 Å². The number of fused-ring (bicyclic) bond motifs is 2. The van der Waals surface area contributed by atoms with Gasteiger partial charge in [-0.1, -0.05) is 17.3 Å². The van der Waals surface area contributed by atoms with Crippen molar-refractivity contribution in [2.75, 3.05) is 7.05 Å². The van der Waals surface area contributed by atoms with Crippen molar-refractivity contribution >= 4 is 21.0 Å². The molecule has 82 valence electrons. The highest BCUT2D eigenvalue weighted by Crippen LogP contribution is 2.36. The van der Waals surface area contributed by atoms with Gasteiger partial charge in [0.05, 0.1) is 5.25 Å². The van der Waals surface area contributed by atoms with Crippen molar-refractivity contribution in [3.63, 3.8) is 0 Å². The second-order valence-electron chi connectivity index (χ2n) is 3.37. The van der Waals surface area contributed by atoms with E-state index in [9.17, 15) is 13.2 Å². The lowest BCUT2D eigenvalue weighted by molar-refractivity contribution is 0.153. The number of nitrogens with zero attached hydrogens (tertiary/aromatic N) is 1.